The molecule has 0 aliphatic carbocycles. The second-order valence-electron chi connectivity index (χ2n) is 4.35. The Balaban J connectivity index is 2.31. The molecule has 8 heteroatoms. The van der Waals surface area contributed by atoms with Crippen LogP contribution in [0.2, 0.25) is 10.0 Å². The third-order valence-corrected chi connectivity index (χ3v) is 4.66. The highest BCUT2D eigenvalue weighted by molar-refractivity contribution is 7.17. The predicted octanol–water partition coefficient (Wildman–Crippen LogP) is 3.75. The number of hydrogen-bond donors (Lipinski definition) is 1. The Kier molecular flexibility index (Phi) is 3.90. The summed E-state index contributed by atoms with van der Waals surface area (Å²) < 4.78 is 5.25. The first kappa shape index (κ1) is 15.0. The molecular weight excluding hydrogens is 347 g/mol. The molecule has 0 aliphatic heterocycles. The molecule has 0 bridgehead atoms. The first-order valence-electron chi connectivity index (χ1n) is 6.06. The maximum Gasteiger partial charge on any atom is 0.338 e. The number of carbonyl (C=O) groups is 1. The van der Waals surface area contributed by atoms with Crippen molar-refractivity contribution in [2.24, 2.45) is 0 Å². The van der Waals surface area contributed by atoms with Crippen LogP contribution >= 0.6 is 34.5 Å². The number of nitrogens with zero attached hydrogens (tertiary/aromatic N) is 1. The third kappa shape index (κ3) is 2.49. The lowest BCUT2D eigenvalue weighted by Crippen LogP contribution is -2.10. The zero-order chi connectivity index (χ0) is 15.9. The van der Waals surface area contributed by atoms with E-state index in [4.69, 9.17) is 27.9 Å². The maximum absolute atomic E-state index is 12.1. The highest BCUT2D eigenvalue weighted by Gasteiger charge is 2.19. The van der Waals surface area contributed by atoms with Crippen LogP contribution in [0, 0.1) is 0 Å². The van der Waals surface area contributed by atoms with Gasteiger partial charge >= 0.3 is 5.97 Å². The number of carbonyl (C=O) groups excluding carboxylic acids is 1. The van der Waals surface area contributed by atoms with Gasteiger partial charge in [-0.3, -0.25) is 4.79 Å². The zero-order valence-electron chi connectivity index (χ0n) is 11.1. The Labute approximate surface area is 138 Å². The molecule has 0 spiro atoms. The monoisotopic (exact) mass is 354 g/mol. The van der Waals surface area contributed by atoms with Gasteiger partial charge in [0.1, 0.15) is 10.5 Å². The molecule has 0 amide bonds. The maximum atomic E-state index is 12.1. The van der Waals surface area contributed by atoms with Crippen molar-refractivity contribution in [3.8, 4) is 11.4 Å². The fourth-order valence-electron chi connectivity index (χ4n) is 2.02. The van der Waals surface area contributed by atoms with E-state index in [1.54, 1.807) is 11.4 Å². The average molecular weight is 355 g/mol. The van der Waals surface area contributed by atoms with E-state index >= 15 is 0 Å². The van der Waals surface area contributed by atoms with Gasteiger partial charge in [-0.15, -0.1) is 11.3 Å². The van der Waals surface area contributed by atoms with E-state index in [2.05, 4.69) is 9.97 Å². The Morgan fingerprint density at radius 2 is 2.05 bits per heavy atom. The summed E-state index contributed by atoms with van der Waals surface area (Å²) >= 11 is 13.3. The summed E-state index contributed by atoms with van der Waals surface area (Å²) in [7, 11) is 1.26. The second kappa shape index (κ2) is 5.72. The van der Waals surface area contributed by atoms with E-state index < -0.39 is 5.97 Å². The minimum atomic E-state index is -0.596. The number of esters is 1. The van der Waals surface area contributed by atoms with Gasteiger partial charge in [0, 0.05) is 5.56 Å². The molecule has 0 unspecified atom stereocenters. The van der Waals surface area contributed by atoms with E-state index in [9.17, 15) is 9.59 Å². The normalized spacial score (nSPS) is 10.9. The van der Waals surface area contributed by atoms with Crippen LogP contribution in [0.5, 0.6) is 0 Å². The number of methoxy groups -OCH3 is 1. The summed E-state index contributed by atoms with van der Waals surface area (Å²) in [5, 5.41) is 2.23. The third-order valence-electron chi connectivity index (χ3n) is 3.04. The zero-order valence-corrected chi connectivity index (χ0v) is 13.5. The summed E-state index contributed by atoms with van der Waals surface area (Å²) in [5.41, 5.74) is 0.795. The number of aromatic amines is 1. The number of hydrogen-bond acceptors (Lipinski definition) is 5. The van der Waals surface area contributed by atoms with Gasteiger partial charge in [-0.25, -0.2) is 9.78 Å². The molecule has 22 heavy (non-hydrogen) atoms. The number of nitrogens with one attached hydrogen (secondary N) is 1. The van der Waals surface area contributed by atoms with Crippen LogP contribution in [0.1, 0.15) is 10.4 Å². The van der Waals surface area contributed by atoms with Gasteiger partial charge in [0.15, 0.2) is 0 Å². The fourth-order valence-corrected chi connectivity index (χ4v) is 3.08. The molecule has 0 aliphatic rings. The number of ether oxygens (including phenoxy) is 1. The smallest absolute Gasteiger partial charge is 0.338 e. The molecule has 2 aromatic heterocycles. The topological polar surface area (TPSA) is 72.0 Å². The number of H-pyrrole nitrogens is 1. The van der Waals surface area contributed by atoms with Crippen molar-refractivity contribution >= 4 is 50.7 Å². The Morgan fingerprint density at radius 3 is 2.77 bits per heavy atom. The number of thiophene rings is 1. The number of fused-ring (bicyclic) bond motifs is 1. The average Bonchev–Trinajstić information content (AvgIpc) is 2.97. The fraction of sp³-hybridized carbons (Fsp3) is 0.0714. The van der Waals surface area contributed by atoms with Crippen LogP contribution in [-0.2, 0) is 4.74 Å². The summed E-state index contributed by atoms with van der Waals surface area (Å²) in [4.78, 5) is 31.0. The van der Waals surface area contributed by atoms with Crippen molar-refractivity contribution in [2.75, 3.05) is 7.11 Å². The standard InChI is InChI=1S/C14H8Cl2N2O3S/c1-21-14(20)7-5-9(16)8(15)4-6(7)12-17-10-2-3-22-11(10)13(19)18-12/h2-5H,1H3,(H,17,18,19). The second-order valence-corrected chi connectivity index (χ2v) is 6.08. The van der Waals surface area contributed by atoms with E-state index in [1.807, 2.05) is 0 Å². The Bertz CT molecular complexity index is 949. The van der Waals surface area contributed by atoms with Crippen molar-refractivity contribution in [3.05, 3.63) is 49.5 Å². The molecule has 1 N–H and O–H groups in total. The molecule has 0 saturated carbocycles. The van der Waals surface area contributed by atoms with E-state index in [0.717, 1.165) is 0 Å². The van der Waals surface area contributed by atoms with Crippen LogP contribution in [-0.4, -0.2) is 23.0 Å². The van der Waals surface area contributed by atoms with Gasteiger partial charge < -0.3 is 9.72 Å². The highest BCUT2D eigenvalue weighted by atomic mass is 35.5. The van der Waals surface area contributed by atoms with Gasteiger partial charge in [0.25, 0.3) is 5.56 Å². The number of aromatic nitrogens is 2. The molecular formula is C14H8Cl2N2O3S. The molecule has 0 saturated heterocycles. The summed E-state index contributed by atoms with van der Waals surface area (Å²) in [6.45, 7) is 0. The lowest BCUT2D eigenvalue weighted by molar-refractivity contribution is 0.0601. The molecule has 5 nitrogen and oxygen atoms in total. The minimum Gasteiger partial charge on any atom is -0.465 e. The van der Waals surface area contributed by atoms with E-state index in [1.165, 1.54) is 30.6 Å². The van der Waals surface area contributed by atoms with Gasteiger partial charge in [-0.2, -0.15) is 0 Å². The quantitative estimate of drug-likeness (QED) is 0.711. The van der Waals surface area contributed by atoms with Gasteiger partial charge in [-0.1, -0.05) is 23.2 Å². The Morgan fingerprint density at radius 1 is 1.32 bits per heavy atom. The van der Waals surface area contributed by atoms with E-state index in [-0.39, 0.29) is 27.0 Å². The van der Waals surface area contributed by atoms with Gasteiger partial charge in [0.05, 0.1) is 28.2 Å². The number of benzene rings is 1. The predicted molar refractivity (Wildman–Crippen MR) is 87.0 cm³/mol. The lowest BCUT2D eigenvalue weighted by Gasteiger charge is -2.09. The minimum absolute atomic E-state index is 0.176. The lowest BCUT2D eigenvalue weighted by atomic mass is 10.1. The number of halogens is 2. The van der Waals surface area contributed by atoms with Crippen molar-refractivity contribution < 1.29 is 9.53 Å². The van der Waals surface area contributed by atoms with Crippen LogP contribution in [0.25, 0.3) is 21.6 Å². The molecule has 0 radical (unpaired) electrons. The van der Waals surface area contributed by atoms with Crippen molar-refractivity contribution in [2.45, 2.75) is 0 Å². The largest absolute Gasteiger partial charge is 0.465 e. The Hall–Kier alpha value is -1.89. The van der Waals surface area contributed by atoms with Gasteiger partial charge in [-0.05, 0) is 23.6 Å². The van der Waals surface area contributed by atoms with Crippen LogP contribution in [0.3, 0.4) is 0 Å². The summed E-state index contributed by atoms with van der Waals surface area (Å²) in [6.07, 6.45) is 0. The first-order chi connectivity index (χ1) is 10.5. The molecule has 0 atom stereocenters. The molecule has 2 heterocycles. The van der Waals surface area contributed by atoms with Crippen LogP contribution < -0.4 is 5.56 Å². The molecule has 112 valence electrons. The van der Waals surface area contributed by atoms with Crippen LogP contribution in [0.15, 0.2) is 28.4 Å². The van der Waals surface area contributed by atoms with Crippen LogP contribution in [0.4, 0.5) is 0 Å². The number of rotatable bonds is 2. The molecule has 0 fully saturated rings. The van der Waals surface area contributed by atoms with Crippen molar-refractivity contribution in [1.82, 2.24) is 9.97 Å². The molecule has 3 rings (SSSR count). The van der Waals surface area contributed by atoms with E-state index in [0.29, 0.717) is 15.8 Å². The summed E-state index contributed by atoms with van der Waals surface area (Å²) in [5.74, 6) is -0.364. The summed E-state index contributed by atoms with van der Waals surface area (Å²) in [6, 6.07) is 4.60. The van der Waals surface area contributed by atoms with Crippen molar-refractivity contribution in [1.29, 1.82) is 0 Å². The van der Waals surface area contributed by atoms with Gasteiger partial charge in [0.2, 0.25) is 0 Å². The molecule has 3 aromatic rings. The SMILES string of the molecule is COC(=O)c1cc(Cl)c(Cl)cc1-c1nc2ccsc2c(=O)[nH]1. The molecule has 1 aromatic carbocycles. The van der Waals surface area contributed by atoms with Crippen molar-refractivity contribution in [3.63, 3.8) is 0 Å². The highest BCUT2D eigenvalue weighted by Crippen LogP contribution is 2.31. The first-order valence-corrected chi connectivity index (χ1v) is 7.70.